The van der Waals surface area contributed by atoms with Crippen molar-refractivity contribution in [2.75, 3.05) is 6.54 Å². The van der Waals surface area contributed by atoms with Gasteiger partial charge in [-0.05, 0) is 25.8 Å². The van der Waals surface area contributed by atoms with Crippen LogP contribution < -0.4 is 5.32 Å². The van der Waals surface area contributed by atoms with Crippen LogP contribution in [0.25, 0.3) is 0 Å². The molecule has 3 heteroatoms. The molecule has 0 radical (unpaired) electrons. The topological polar surface area (TPSA) is 37.8 Å². The Kier molecular flexibility index (Phi) is 3.54. The molecule has 0 spiro atoms. The average molecular weight is 219 g/mol. The summed E-state index contributed by atoms with van der Waals surface area (Å²) < 4.78 is 0. The maximum atomic E-state index is 4.50. The normalized spacial score (nSPS) is 28.8. The van der Waals surface area contributed by atoms with E-state index >= 15 is 0 Å². The van der Waals surface area contributed by atoms with Crippen LogP contribution >= 0.6 is 0 Å². The van der Waals surface area contributed by atoms with Gasteiger partial charge in [-0.25, -0.2) is 0 Å². The van der Waals surface area contributed by atoms with E-state index in [-0.39, 0.29) is 0 Å². The summed E-state index contributed by atoms with van der Waals surface area (Å²) >= 11 is 0. The molecule has 0 aliphatic heterocycles. The van der Waals surface area contributed by atoms with Gasteiger partial charge < -0.3 is 5.32 Å². The van der Waals surface area contributed by atoms with Gasteiger partial charge >= 0.3 is 0 Å². The Bertz CT molecular complexity index is 351. The number of hydrogen-bond acceptors (Lipinski definition) is 3. The highest BCUT2D eigenvalue weighted by Gasteiger charge is 2.41. The molecule has 0 saturated heterocycles. The van der Waals surface area contributed by atoms with Crippen LogP contribution in [0.4, 0.5) is 0 Å². The second kappa shape index (κ2) is 4.91. The van der Waals surface area contributed by atoms with E-state index in [2.05, 4.69) is 36.1 Å². The molecule has 1 N–H and O–H groups in total. The maximum absolute atomic E-state index is 4.50. The Morgan fingerprint density at radius 1 is 1.31 bits per heavy atom. The van der Waals surface area contributed by atoms with Gasteiger partial charge in [0.15, 0.2) is 0 Å². The monoisotopic (exact) mass is 219 g/mol. The summed E-state index contributed by atoms with van der Waals surface area (Å²) in [5, 5.41) is 3.55. The molecule has 1 fully saturated rings. The SMILES string of the molecule is CCNC1CC(c2nccnc2C)C1CC. The maximum Gasteiger partial charge on any atom is 0.0650 e. The van der Waals surface area contributed by atoms with E-state index < -0.39 is 0 Å². The number of rotatable bonds is 4. The Hall–Kier alpha value is -0.960. The lowest BCUT2D eigenvalue weighted by Gasteiger charge is -2.45. The third-order valence-electron chi connectivity index (χ3n) is 3.75. The van der Waals surface area contributed by atoms with Crippen molar-refractivity contribution >= 4 is 0 Å². The van der Waals surface area contributed by atoms with Crippen LogP contribution in [0.3, 0.4) is 0 Å². The molecule has 16 heavy (non-hydrogen) atoms. The molecule has 3 atom stereocenters. The molecular formula is C13H21N3. The van der Waals surface area contributed by atoms with Crippen molar-refractivity contribution in [3.63, 3.8) is 0 Å². The van der Waals surface area contributed by atoms with E-state index in [9.17, 15) is 0 Å². The molecule has 88 valence electrons. The summed E-state index contributed by atoms with van der Waals surface area (Å²) in [5.41, 5.74) is 2.31. The van der Waals surface area contributed by atoms with Crippen molar-refractivity contribution in [3.05, 3.63) is 23.8 Å². The van der Waals surface area contributed by atoms with Crippen LogP contribution in [0.2, 0.25) is 0 Å². The Morgan fingerprint density at radius 3 is 2.69 bits per heavy atom. The molecule has 1 saturated carbocycles. The first-order chi connectivity index (χ1) is 7.77. The molecule has 3 nitrogen and oxygen atoms in total. The highest BCUT2D eigenvalue weighted by Crippen LogP contribution is 2.44. The van der Waals surface area contributed by atoms with Crippen molar-refractivity contribution in [2.45, 2.75) is 45.6 Å². The third-order valence-corrected chi connectivity index (χ3v) is 3.75. The second-order valence-corrected chi connectivity index (χ2v) is 4.61. The summed E-state index contributed by atoms with van der Waals surface area (Å²) in [6, 6.07) is 0.682. The Labute approximate surface area is 97.7 Å². The van der Waals surface area contributed by atoms with Crippen molar-refractivity contribution in [3.8, 4) is 0 Å². The van der Waals surface area contributed by atoms with Crippen molar-refractivity contribution < 1.29 is 0 Å². The summed E-state index contributed by atoms with van der Waals surface area (Å²) in [5.74, 6) is 1.35. The molecule has 0 aromatic carbocycles. The fourth-order valence-corrected chi connectivity index (χ4v) is 2.87. The third kappa shape index (κ3) is 1.96. The molecule has 1 aliphatic rings. The van der Waals surface area contributed by atoms with Crippen molar-refractivity contribution in [1.82, 2.24) is 15.3 Å². The number of nitrogens with zero attached hydrogens (tertiary/aromatic N) is 2. The molecule has 1 aromatic rings. The number of aromatic nitrogens is 2. The van der Waals surface area contributed by atoms with Crippen LogP contribution in [-0.2, 0) is 0 Å². The van der Waals surface area contributed by atoms with Gasteiger partial charge in [0.1, 0.15) is 0 Å². The summed E-state index contributed by atoms with van der Waals surface area (Å²) in [4.78, 5) is 8.84. The smallest absolute Gasteiger partial charge is 0.0650 e. The lowest BCUT2D eigenvalue weighted by molar-refractivity contribution is 0.158. The first-order valence-electron chi connectivity index (χ1n) is 6.28. The van der Waals surface area contributed by atoms with Crippen molar-refractivity contribution in [2.24, 2.45) is 5.92 Å². The fourth-order valence-electron chi connectivity index (χ4n) is 2.87. The minimum Gasteiger partial charge on any atom is -0.314 e. The first kappa shape index (κ1) is 11.5. The molecule has 2 rings (SSSR count). The second-order valence-electron chi connectivity index (χ2n) is 4.61. The quantitative estimate of drug-likeness (QED) is 0.844. The van der Waals surface area contributed by atoms with Crippen LogP contribution in [-0.4, -0.2) is 22.6 Å². The minimum absolute atomic E-state index is 0.614. The van der Waals surface area contributed by atoms with Crippen LogP contribution in [0, 0.1) is 12.8 Å². The molecule has 1 aliphatic carbocycles. The highest BCUT2D eigenvalue weighted by atomic mass is 14.9. The number of hydrogen-bond donors (Lipinski definition) is 1. The van der Waals surface area contributed by atoms with Gasteiger partial charge in [-0.2, -0.15) is 0 Å². The molecule has 1 heterocycles. The summed E-state index contributed by atoms with van der Waals surface area (Å²) in [7, 11) is 0. The predicted octanol–water partition coefficient (Wildman–Crippen LogP) is 2.28. The van der Waals surface area contributed by atoms with Crippen LogP contribution in [0.1, 0.15) is 44.0 Å². The molecule has 0 bridgehead atoms. The zero-order valence-electron chi connectivity index (χ0n) is 10.4. The van der Waals surface area contributed by atoms with Gasteiger partial charge in [0.25, 0.3) is 0 Å². The zero-order chi connectivity index (χ0) is 11.5. The number of aryl methyl sites for hydroxylation is 1. The summed E-state index contributed by atoms with van der Waals surface area (Å²) in [6.07, 6.45) is 6.03. The van der Waals surface area contributed by atoms with Gasteiger partial charge in [-0.1, -0.05) is 20.3 Å². The van der Waals surface area contributed by atoms with Gasteiger partial charge in [0.05, 0.1) is 11.4 Å². The lowest BCUT2D eigenvalue weighted by Crippen LogP contribution is -2.49. The first-order valence-corrected chi connectivity index (χ1v) is 6.28. The lowest BCUT2D eigenvalue weighted by atomic mass is 9.66. The molecule has 1 aromatic heterocycles. The van der Waals surface area contributed by atoms with Gasteiger partial charge in [0, 0.05) is 24.4 Å². The molecule has 3 unspecified atom stereocenters. The van der Waals surface area contributed by atoms with Crippen molar-refractivity contribution in [1.29, 1.82) is 0 Å². The van der Waals surface area contributed by atoms with Gasteiger partial charge in [-0.15, -0.1) is 0 Å². The highest BCUT2D eigenvalue weighted by molar-refractivity contribution is 5.20. The van der Waals surface area contributed by atoms with E-state index in [1.807, 2.05) is 6.20 Å². The van der Waals surface area contributed by atoms with E-state index in [1.54, 1.807) is 6.20 Å². The molecular weight excluding hydrogens is 198 g/mol. The fraction of sp³-hybridized carbons (Fsp3) is 0.692. The predicted molar refractivity (Wildman–Crippen MR) is 65.4 cm³/mol. The standard InChI is InChI=1S/C13H21N3/c1-4-10-11(8-12(10)14-5-2)13-9(3)15-6-7-16-13/h6-7,10-12,14H,4-5,8H2,1-3H3. The van der Waals surface area contributed by atoms with Crippen LogP contribution in [0.15, 0.2) is 12.4 Å². The summed E-state index contributed by atoms with van der Waals surface area (Å²) in [6.45, 7) is 7.57. The van der Waals surface area contributed by atoms with E-state index in [4.69, 9.17) is 0 Å². The zero-order valence-corrected chi connectivity index (χ0v) is 10.4. The van der Waals surface area contributed by atoms with Crippen LogP contribution in [0.5, 0.6) is 0 Å². The van der Waals surface area contributed by atoms with Gasteiger partial charge in [0.2, 0.25) is 0 Å². The average Bonchev–Trinajstić information content (AvgIpc) is 2.26. The minimum atomic E-state index is 0.614. The Morgan fingerprint density at radius 2 is 2.06 bits per heavy atom. The molecule has 0 amide bonds. The van der Waals surface area contributed by atoms with E-state index in [0.717, 1.165) is 18.2 Å². The van der Waals surface area contributed by atoms with Gasteiger partial charge in [-0.3, -0.25) is 9.97 Å². The van der Waals surface area contributed by atoms with E-state index in [0.29, 0.717) is 12.0 Å². The number of nitrogens with one attached hydrogen (secondary N) is 1. The largest absolute Gasteiger partial charge is 0.314 e. The van der Waals surface area contributed by atoms with E-state index in [1.165, 1.54) is 18.5 Å². The Balaban J connectivity index is 2.10.